The van der Waals surface area contributed by atoms with Gasteiger partial charge in [0.05, 0.1) is 18.6 Å². The topological polar surface area (TPSA) is 33.0 Å². The minimum absolute atomic E-state index is 0.259. The van der Waals surface area contributed by atoms with Gasteiger partial charge in [-0.05, 0) is 42.9 Å². The maximum atomic E-state index is 13.8. The molecular formula is C17H22FNO. The van der Waals surface area contributed by atoms with Gasteiger partial charge >= 0.3 is 0 Å². The summed E-state index contributed by atoms with van der Waals surface area (Å²) in [5, 5.41) is 9.62. The molecule has 1 aliphatic carbocycles. The van der Waals surface area contributed by atoms with Crippen molar-refractivity contribution in [2.75, 3.05) is 7.11 Å². The van der Waals surface area contributed by atoms with Crippen LogP contribution >= 0.6 is 0 Å². The first-order valence-electron chi connectivity index (χ1n) is 7.36. The lowest BCUT2D eigenvalue weighted by atomic mass is 9.67. The van der Waals surface area contributed by atoms with Gasteiger partial charge in [0.1, 0.15) is 0 Å². The van der Waals surface area contributed by atoms with Crippen LogP contribution in [0.3, 0.4) is 0 Å². The van der Waals surface area contributed by atoms with E-state index < -0.39 is 0 Å². The molecule has 1 saturated carbocycles. The Kier molecular flexibility index (Phi) is 4.65. The average Bonchev–Trinajstić information content (AvgIpc) is 2.47. The number of nitriles is 1. The molecule has 1 aromatic rings. The molecule has 20 heavy (non-hydrogen) atoms. The molecule has 0 aliphatic heterocycles. The summed E-state index contributed by atoms with van der Waals surface area (Å²) < 4.78 is 18.7. The summed E-state index contributed by atoms with van der Waals surface area (Å²) in [4.78, 5) is 0. The van der Waals surface area contributed by atoms with Gasteiger partial charge in [-0.15, -0.1) is 0 Å². The number of benzene rings is 1. The highest BCUT2D eigenvalue weighted by Gasteiger charge is 2.36. The standard InChI is InChI=1S/C17H22FNO/c1-3-13-5-4-8-17(10-13,12-19)11-14-6-7-16(20-2)15(18)9-14/h6-7,9,13H,3-5,8,10-11H2,1-2H3. The van der Waals surface area contributed by atoms with Crippen molar-refractivity contribution >= 4 is 0 Å². The van der Waals surface area contributed by atoms with E-state index in [1.807, 2.05) is 6.07 Å². The Hall–Kier alpha value is -1.56. The normalized spacial score (nSPS) is 26.0. The quantitative estimate of drug-likeness (QED) is 0.811. The van der Waals surface area contributed by atoms with Crippen LogP contribution in [0.1, 0.15) is 44.6 Å². The van der Waals surface area contributed by atoms with Gasteiger partial charge in [-0.2, -0.15) is 5.26 Å². The van der Waals surface area contributed by atoms with Crippen LogP contribution in [0.4, 0.5) is 4.39 Å². The van der Waals surface area contributed by atoms with E-state index in [1.165, 1.54) is 19.6 Å². The van der Waals surface area contributed by atoms with Gasteiger partial charge in [-0.1, -0.05) is 32.3 Å². The van der Waals surface area contributed by atoms with Gasteiger partial charge in [0.15, 0.2) is 11.6 Å². The number of halogens is 1. The number of methoxy groups -OCH3 is 1. The average molecular weight is 275 g/mol. The fraction of sp³-hybridized carbons (Fsp3) is 0.588. The highest BCUT2D eigenvalue weighted by Crippen LogP contribution is 2.42. The molecule has 2 atom stereocenters. The molecule has 2 unspecified atom stereocenters. The Morgan fingerprint density at radius 3 is 2.90 bits per heavy atom. The number of hydrogen-bond acceptors (Lipinski definition) is 2. The van der Waals surface area contributed by atoms with Gasteiger partial charge in [-0.3, -0.25) is 0 Å². The molecule has 1 fully saturated rings. The van der Waals surface area contributed by atoms with Crippen molar-refractivity contribution in [3.63, 3.8) is 0 Å². The third-order valence-electron chi connectivity index (χ3n) is 4.52. The van der Waals surface area contributed by atoms with Crippen molar-refractivity contribution in [3.8, 4) is 11.8 Å². The van der Waals surface area contributed by atoms with E-state index in [0.29, 0.717) is 12.3 Å². The zero-order valence-corrected chi connectivity index (χ0v) is 12.3. The summed E-state index contributed by atoms with van der Waals surface area (Å²) in [6.45, 7) is 2.19. The molecule has 0 amide bonds. The minimum Gasteiger partial charge on any atom is -0.494 e. The number of nitrogens with zero attached hydrogens (tertiary/aromatic N) is 1. The third-order valence-corrected chi connectivity index (χ3v) is 4.52. The largest absolute Gasteiger partial charge is 0.494 e. The molecular weight excluding hydrogens is 253 g/mol. The smallest absolute Gasteiger partial charge is 0.165 e. The highest BCUT2D eigenvalue weighted by atomic mass is 19.1. The van der Waals surface area contributed by atoms with Crippen molar-refractivity contribution in [1.82, 2.24) is 0 Å². The first kappa shape index (κ1) is 14.8. The van der Waals surface area contributed by atoms with Gasteiger partial charge in [0.25, 0.3) is 0 Å². The molecule has 0 heterocycles. The van der Waals surface area contributed by atoms with E-state index in [-0.39, 0.29) is 17.0 Å². The van der Waals surface area contributed by atoms with E-state index in [4.69, 9.17) is 4.74 Å². The molecule has 0 N–H and O–H groups in total. The lowest BCUT2D eigenvalue weighted by molar-refractivity contribution is 0.194. The van der Waals surface area contributed by atoms with Crippen LogP contribution in [0, 0.1) is 28.5 Å². The Morgan fingerprint density at radius 2 is 2.30 bits per heavy atom. The fourth-order valence-corrected chi connectivity index (χ4v) is 3.35. The summed E-state index contributed by atoms with van der Waals surface area (Å²) in [5.74, 6) is 0.544. The van der Waals surface area contributed by atoms with Gasteiger partial charge < -0.3 is 4.74 Å². The zero-order valence-electron chi connectivity index (χ0n) is 12.3. The van der Waals surface area contributed by atoms with E-state index >= 15 is 0 Å². The molecule has 2 rings (SSSR count). The van der Waals surface area contributed by atoms with E-state index in [2.05, 4.69) is 13.0 Å². The first-order valence-corrected chi connectivity index (χ1v) is 7.36. The van der Waals surface area contributed by atoms with Crippen molar-refractivity contribution in [2.45, 2.75) is 45.4 Å². The SMILES string of the molecule is CCC1CCCC(C#N)(Cc2ccc(OC)c(F)c2)C1. The number of rotatable bonds is 4. The summed E-state index contributed by atoms with van der Waals surface area (Å²) in [6, 6.07) is 7.55. The molecule has 2 nitrogen and oxygen atoms in total. The summed E-state index contributed by atoms with van der Waals surface area (Å²) >= 11 is 0. The molecule has 0 saturated heterocycles. The van der Waals surface area contributed by atoms with Crippen molar-refractivity contribution in [3.05, 3.63) is 29.6 Å². The van der Waals surface area contributed by atoms with Crippen LogP contribution in [0.25, 0.3) is 0 Å². The second-order valence-corrected chi connectivity index (χ2v) is 5.91. The summed E-state index contributed by atoms with van der Waals surface area (Å²) in [5.41, 5.74) is 0.571. The molecule has 0 aromatic heterocycles. The molecule has 0 radical (unpaired) electrons. The second kappa shape index (κ2) is 6.26. The predicted molar refractivity (Wildman–Crippen MR) is 77.0 cm³/mol. The van der Waals surface area contributed by atoms with Gasteiger partial charge in [0, 0.05) is 0 Å². The Labute approximate surface area is 120 Å². The fourth-order valence-electron chi connectivity index (χ4n) is 3.35. The molecule has 0 spiro atoms. The number of ether oxygens (including phenoxy) is 1. The Balaban J connectivity index is 2.18. The van der Waals surface area contributed by atoms with Gasteiger partial charge in [0.2, 0.25) is 0 Å². The maximum absolute atomic E-state index is 13.8. The van der Waals surface area contributed by atoms with E-state index in [9.17, 15) is 9.65 Å². The predicted octanol–water partition coefficient (Wildman–Crippen LogP) is 4.49. The Bertz CT molecular complexity index is 508. The lowest BCUT2D eigenvalue weighted by Gasteiger charge is -2.35. The zero-order chi connectivity index (χ0) is 14.6. The monoisotopic (exact) mass is 275 g/mol. The van der Waals surface area contributed by atoms with Crippen molar-refractivity contribution in [1.29, 1.82) is 5.26 Å². The van der Waals surface area contributed by atoms with Crippen LogP contribution in [-0.2, 0) is 6.42 Å². The van der Waals surface area contributed by atoms with Crippen LogP contribution in [0.5, 0.6) is 5.75 Å². The molecule has 108 valence electrons. The second-order valence-electron chi connectivity index (χ2n) is 5.91. The highest BCUT2D eigenvalue weighted by molar-refractivity contribution is 5.30. The van der Waals surface area contributed by atoms with Crippen molar-refractivity contribution < 1.29 is 9.13 Å². The molecule has 1 aromatic carbocycles. The first-order chi connectivity index (χ1) is 9.62. The van der Waals surface area contributed by atoms with Crippen LogP contribution in [-0.4, -0.2) is 7.11 Å². The molecule has 3 heteroatoms. The minimum atomic E-state index is -0.346. The molecule has 1 aliphatic rings. The lowest BCUT2D eigenvalue weighted by Crippen LogP contribution is -2.29. The van der Waals surface area contributed by atoms with E-state index in [1.54, 1.807) is 6.07 Å². The summed E-state index contributed by atoms with van der Waals surface area (Å²) in [7, 11) is 1.46. The number of hydrogen-bond donors (Lipinski definition) is 0. The van der Waals surface area contributed by atoms with E-state index in [0.717, 1.165) is 31.2 Å². The van der Waals surface area contributed by atoms with Crippen LogP contribution in [0.2, 0.25) is 0 Å². The molecule has 0 bridgehead atoms. The van der Waals surface area contributed by atoms with Crippen LogP contribution < -0.4 is 4.74 Å². The maximum Gasteiger partial charge on any atom is 0.165 e. The Morgan fingerprint density at radius 1 is 1.50 bits per heavy atom. The van der Waals surface area contributed by atoms with Gasteiger partial charge in [-0.25, -0.2) is 4.39 Å². The summed E-state index contributed by atoms with van der Waals surface area (Å²) in [6.07, 6.45) is 5.95. The van der Waals surface area contributed by atoms with Crippen molar-refractivity contribution in [2.24, 2.45) is 11.3 Å². The third kappa shape index (κ3) is 3.12. The van der Waals surface area contributed by atoms with Crippen LogP contribution in [0.15, 0.2) is 18.2 Å².